The number of likely N-dealkylation sites (tertiary alicyclic amines) is 1. The molecule has 0 radical (unpaired) electrons. The monoisotopic (exact) mass is 409 g/mol. The summed E-state index contributed by atoms with van der Waals surface area (Å²) in [7, 11) is 0. The normalized spacial score (nSPS) is 15.4. The van der Waals surface area contributed by atoms with Crippen molar-refractivity contribution >= 4 is 16.9 Å². The smallest absolute Gasteiger partial charge is 0.309 e. The van der Waals surface area contributed by atoms with Crippen LogP contribution in [0.4, 0.5) is 4.39 Å². The van der Waals surface area contributed by atoms with Crippen LogP contribution in [0.2, 0.25) is 0 Å². The summed E-state index contributed by atoms with van der Waals surface area (Å²) in [6, 6.07) is 13.1. The number of carbonyl (C=O) groups is 1. The van der Waals surface area contributed by atoms with Crippen LogP contribution < -0.4 is 5.56 Å². The summed E-state index contributed by atoms with van der Waals surface area (Å²) in [6.45, 7) is 4.11. The summed E-state index contributed by atoms with van der Waals surface area (Å²) in [6.07, 6.45) is 1.43. The van der Waals surface area contributed by atoms with E-state index in [0.29, 0.717) is 48.4 Å². The molecular weight excluding hydrogens is 385 g/mol. The van der Waals surface area contributed by atoms with E-state index in [2.05, 4.69) is 4.90 Å². The molecule has 0 spiro atoms. The van der Waals surface area contributed by atoms with E-state index >= 15 is 0 Å². The lowest BCUT2D eigenvalue weighted by atomic mass is 9.97. The molecule has 156 valence electrons. The number of esters is 1. The number of hydrogen-bond acceptors (Lipinski definition) is 5. The Kier molecular flexibility index (Phi) is 5.90. The first kappa shape index (κ1) is 20.2. The molecule has 2 heterocycles. The van der Waals surface area contributed by atoms with E-state index in [1.165, 1.54) is 12.1 Å². The number of carbonyl (C=O) groups excluding carboxylic acids is 1. The number of halogens is 1. The van der Waals surface area contributed by atoms with Crippen molar-refractivity contribution in [1.29, 1.82) is 0 Å². The topological polar surface area (TPSA) is 64.4 Å². The zero-order valence-electron chi connectivity index (χ0n) is 16.9. The van der Waals surface area contributed by atoms with Crippen LogP contribution in [-0.4, -0.2) is 40.1 Å². The van der Waals surface area contributed by atoms with Crippen molar-refractivity contribution in [1.82, 2.24) is 14.5 Å². The van der Waals surface area contributed by atoms with Crippen LogP contribution in [0.3, 0.4) is 0 Å². The molecule has 0 saturated carbocycles. The molecule has 1 aromatic heterocycles. The van der Waals surface area contributed by atoms with Gasteiger partial charge in [0.05, 0.1) is 35.7 Å². The highest BCUT2D eigenvalue weighted by Crippen LogP contribution is 2.21. The lowest BCUT2D eigenvalue weighted by Gasteiger charge is -2.31. The Labute approximate surface area is 173 Å². The molecule has 1 saturated heterocycles. The Balaban J connectivity index is 1.65. The zero-order chi connectivity index (χ0) is 21.1. The first-order chi connectivity index (χ1) is 14.6. The average molecular weight is 409 g/mol. The number of rotatable bonds is 5. The predicted octanol–water partition coefficient (Wildman–Crippen LogP) is 3.30. The van der Waals surface area contributed by atoms with Gasteiger partial charge >= 0.3 is 5.97 Å². The van der Waals surface area contributed by atoms with Crippen LogP contribution in [0.15, 0.2) is 53.3 Å². The fourth-order valence-electron chi connectivity index (χ4n) is 3.93. The molecule has 3 aromatic rings. The zero-order valence-corrected chi connectivity index (χ0v) is 16.9. The van der Waals surface area contributed by atoms with Crippen LogP contribution >= 0.6 is 0 Å². The second-order valence-corrected chi connectivity index (χ2v) is 7.46. The van der Waals surface area contributed by atoms with Gasteiger partial charge < -0.3 is 4.74 Å². The number of hydrogen-bond donors (Lipinski definition) is 0. The van der Waals surface area contributed by atoms with Crippen LogP contribution in [-0.2, 0) is 16.1 Å². The minimum Gasteiger partial charge on any atom is -0.466 e. The maximum absolute atomic E-state index is 13.4. The molecule has 2 aromatic carbocycles. The van der Waals surface area contributed by atoms with E-state index in [9.17, 15) is 14.0 Å². The van der Waals surface area contributed by atoms with Crippen molar-refractivity contribution in [2.45, 2.75) is 26.3 Å². The predicted molar refractivity (Wildman–Crippen MR) is 112 cm³/mol. The molecule has 1 aliphatic rings. The minimum absolute atomic E-state index is 0.0787. The molecule has 0 bridgehead atoms. The quantitative estimate of drug-likeness (QED) is 0.605. The summed E-state index contributed by atoms with van der Waals surface area (Å²) < 4.78 is 20.1. The van der Waals surface area contributed by atoms with E-state index in [1.807, 2.05) is 19.1 Å². The van der Waals surface area contributed by atoms with E-state index in [0.717, 1.165) is 13.1 Å². The van der Waals surface area contributed by atoms with Gasteiger partial charge in [-0.1, -0.05) is 12.1 Å². The van der Waals surface area contributed by atoms with Gasteiger partial charge in [0.1, 0.15) is 11.6 Å². The lowest BCUT2D eigenvalue weighted by Crippen LogP contribution is -2.38. The average Bonchev–Trinajstić information content (AvgIpc) is 2.76. The van der Waals surface area contributed by atoms with Crippen molar-refractivity contribution in [2.24, 2.45) is 5.92 Å². The Bertz CT molecular complexity index is 1100. The largest absolute Gasteiger partial charge is 0.466 e. The first-order valence-corrected chi connectivity index (χ1v) is 10.2. The second-order valence-electron chi connectivity index (χ2n) is 7.46. The van der Waals surface area contributed by atoms with Crippen molar-refractivity contribution < 1.29 is 13.9 Å². The fraction of sp³-hybridized carbons (Fsp3) is 0.348. The van der Waals surface area contributed by atoms with E-state index in [1.54, 1.807) is 28.8 Å². The van der Waals surface area contributed by atoms with Crippen LogP contribution in [0.25, 0.3) is 16.6 Å². The number of ether oxygens (including phenoxy) is 1. The van der Waals surface area contributed by atoms with Gasteiger partial charge in [-0.05, 0) is 69.3 Å². The number of nitrogens with zero attached hydrogens (tertiary/aromatic N) is 3. The molecule has 0 unspecified atom stereocenters. The van der Waals surface area contributed by atoms with E-state index in [-0.39, 0.29) is 23.3 Å². The van der Waals surface area contributed by atoms with E-state index < -0.39 is 0 Å². The molecule has 0 aliphatic carbocycles. The van der Waals surface area contributed by atoms with Crippen molar-refractivity contribution in [3.05, 3.63) is 70.5 Å². The molecule has 6 nitrogen and oxygen atoms in total. The highest BCUT2D eigenvalue weighted by molar-refractivity contribution is 5.77. The van der Waals surface area contributed by atoms with E-state index in [4.69, 9.17) is 9.72 Å². The van der Waals surface area contributed by atoms with Gasteiger partial charge in [-0.3, -0.25) is 19.1 Å². The maximum atomic E-state index is 13.4. The highest BCUT2D eigenvalue weighted by Gasteiger charge is 2.27. The van der Waals surface area contributed by atoms with Gasteiger partial charge in [0, 0.05) is 0 Å². The third-order valence-electron chi connectivity index (χ3n) is 5.50. The first-order valence-electron chi connectivity index (χ1n) is 10.2. The maximum Gasteiger partial charge on any atom is 0.309 e. The Morgan fingerprint density at radius 3 is 2.53 bits per heavy atom. The van der Waals surface area contributed by atoms with Gasteiger partial charge in [0.25, 0.3) is 5.56 Å². The van der Waals surface area contributed by atoms with Crippen LogP contribution in [0.1, 0.15) is 25.6 Å². The summed E-state index contributed by atoms with van der Waals surface area (Å²) >= 11 is 0. The molecule has 0 amide bonds. The third-order valence-corrected chi connectivity index (χ3v) is 5.50. The standard InChI is InChI=1S/C23H24FN3O3/c1-2-30-23(29)16-11-13-26(14-12-16)15-21-25-20-6-4-3-5-19(20)22(28)27(21)18-9-7-17(24)8-10-18/h3-10,16H,2,11-15H2,1H3. The van der Waals surface area contributed by atoms with Crippen molar-refractivity contribution in [2.75, 3.05) is 19.7 Å². The molecule has 30 heavy (non-hydrogen) atoms. The molecular formula is C23H24FN3O3. The van der Waals surface area contributed by atoms with Crippen LogP contribution in [0.5, 0.6) is 0 Å². The van der Waals surface area contributed by atoms with Crippen molar-refractivity contribution in [3.8, 4) is 5.69 Å². The molecule has 0 atom stereocenters. The van der Waals surface area contributed by atoms with Gasteiger partial charge in [-0.25, -0.2) is 9.37 Å². The Hall–Kier alpha value is -3.06. The second kappa shape index (κ2) is 8.75. The fourth-order valence-corrected chi connectivity index (χ4v) is 3.93. The van der Waals surface area contributed by atoms with Gasteiger partial charge in [0.15, 0.2) is 0 Å². The number of aromatic nitrogens is 2. The Morgan fingerprint density at radius 1 is 1.13 bits per heavy atom. The van der Waals surface area contributed by atoms with Gasteiger partial charge in [0.2, 0.25) is 0 Å². The number of benzene rings is 2. The lowest BCUT2D eigenvalue weighted by molar-refractivity contribution is -0.149. The summed E-state index contributed by atoms with van der Waals surface area (Å²) in [5, 5.41) is 0.520. The highest BCUT2D eigenvalue weighted by atomic mass is 19.1. The molecule has 7 heteroatoms. The summed E-state index contributed by atoms with van der Waals surface area (Å²) in [4.78, 5) is 32.2. The number of piperidine rings is 1. The Morgan fingerprint density at radius 2 is 1.83 bits per heavy atom. The molecule has 4 rings (SSSR count). The third kappa shape index (κ3) is 4.11. The van der Waals surface area contributed by atoms with Gasteiger partial charge in [-0.15, -0.1) is 0 Å². The number of fused-ring (bicyclic) bond motifs is 1. The molecule has 0 N–H and O–H groups in total. The summed E-state index contributed by atoms with van der Waals surface area (Å²) in [5.41, 5.74) is 1.04. The molecule has 1 aliphatic heterocycles. The molecule has 1 fully saturated rings. The van der Waals surface area contributed by atoms with Crippen LogP contribution in [0, 0.1) is 11.7 Å². The van der Waals surface area contributed by atoms with Gasteiger partial charge in [-0.2, -0.15) is 0 Å². The number of para-hydroxylation sites is 1. The minimum atomic E-state index is -0.358. The SMILES string of the molecule is CCOC(=O)C1CCN(Cc2nc3ccccc3c(=O)n2-c2ccc(F)cc2)CC1. The summed E-state index contributed by atoms with van der Waals surface area (Å²) in [5.74, 6) is 0.0253. The van der Waals surface area contributed by atoms with Crippen molar-refractivity contribution in [3.63, 3.8) is 0 Å².